The molecule has 0 atom stereocenters. The Balaban J connectivity index is 2.71. The van der Waals surface area contributed by atoms with E-state index in [2.05, 4.69) is 11.7 Å². The summed E-state index contributed by atoms with van der Waals surface area (Å²) in [4.78, 5) is 11.2. The zero-order valence-electron chi connectivity index (χ0n) is 9.66. The summed E-state index contributed by atoms with van der Waals surface area (Å²) in [6.07, 6.45) is 2.05. The number of carbonyl (C=O) groups is 1. The van der Waals surface area contributed by atoms with E-state index >= 15 is 0 Å². The number of esters is 1. The summed E-state index contributed by atoms with van der Waals surface area (Å²) >= 11 is 0. The first-order valence-electron chi connectivity index (χ1n) is 5.29. The number of nitrogens with two attached hydrogens (primary N) is 1. The largest absolute Gasteiger partial charge is 0.491 e. The van der Waals surface area contributed by atoms with E-state index in [0.717, 1.165) is 12.8 Å². The van der Waals surface area contributed by atoms with Gasteiger partial charge in [-0.15, -0.1) is 0 Å². The molecular formula is C12H17NO3. The van der Waals surface area contributed by atoms with Gasteiger partial charge in [0, 0.05) is 0 Å². The lowest BCUT2D eigenvalue weighted by atomic mass is 10.2. The number of anilines is 1. The van der Waals surface area contributed by atoms with Crippen LogP contribution in [0.5, 0.6) is 5.75 Å². The van der Waals surface area contributed by atoms with Crippen LogP contribution in [0.1, 0.15) is 30.1 Å². The molecule has 0 aliphatic heterocycles. The van der Waals surface area contributed by atoms with Crippen molar-refractivity contribution in [2.24, 2.45) is 0 Å². The Morgan fingerprint density at radius 3 is 2.75 bits per heavy atom. The van der Waals surface area contributed by atoms with Crippen molar-refractivity contribution in [3.05, 3.63) is 23.8 Å². The summed E-state index contributed by atoms with van der Waals surface area (Å²) in [6, 6.07) is 4.90. The van der Waals surface area contributed by atoms with Crippen LogP contribution in [-0.2, 0) is 4.74 Å². The average Bonchev–Trinajstić information content (AvgIpc) is 2.30. The molecule has 0 spiro atoms. The minimum Gasteiger partial charge on any atom is -0.491 e. The van der Waals surface area contributed by atoms with Crippen molar-refractivity contribution >= 4 is 11.7 Å². The fourth-order valence-electron chi connectivity index (χ4n) is 1.25. The molecule has 16 heavy (non-hydrogen) atoms. The van der Waals surface area contributed by atoms with Crippen LogP contribution in [-0.4, -0.2) is 19.7 Å². The van der Waals surface area contributed by atoms with Crippen LogP contribution in [0.3, 0.4) is 0 Å². The van der Waals surface area contributed by atoms with Crippen LogP contribution >= 0.6 is 0 Å². The van der Waals surface area contributed by atoms with E-state index in [4.69, 9.17) is 10.5 Å². The summed E-state index contributed by atoms with van der Waals surface area (Å²) in [5.41, 5.74) is 6.65. The van der Waals surface area contributed by atoms with Crippen molar-refractivity contribution in [3.63, 3.8) is 0 Å². The van der Waals surface area contributed by atoms with Gasteiger partial charge in [0.25, 0.3) is 0 Å². The van der Waals surface area contributed by atoms with E-state index in [1.54, 1.807) is 18.2 Å². The Hall–Kier alpha value is -1.71. The van der Waals surface area contributed by atoms with Crippen molar-refractivity contribution in [2.45, 2.75) is 19.8 Å². The third-order valence-corrected chi connectivity index (χ3v) is 2.19. The van der Waals surface area contributed by atoms with Gasteiger partial charge >= 0.3 is 5.97 Å². The van der Waals surface area contributed by atoms with Crippen molar-refractivity contribution in [1.82, 2.24) is 0 Å². The quantitative estimate of drug-likeness (QED) is 0.472. The van der Waals surface area contributed by atoms with Crippen molar-refractivity contribution < 1.29 is 14.3 Å². The van der Waals surface area contributed by atoms with Gasteiger partial charge in [-0.1, -0.05) is 13.3 Å². The Morgan fingerprint density at radius 2 is 2.19 bits per heavy atom. The van der Waals surface area contributed by atoms with Crippen molar-refractivity contribution in [3.8, 4) is 5.75 Å². The molecule has 1 rings (SSSR count). The first kappa shape index (κ1) is 12.4. The lowest BCUT2D eigenvalue weighted by Crippen LogP contribution is -2.04. The minimum atomic E-state index is -0.396. The Morgan fingerprint density at radius 1 is 1.44 bits per heavy atom. The summed E-state index contributed by atoms with van der Waals surface area (Å²) < 4.78 is 10.1. The molecule has 0 unspecified atom stereocenters. The fraction of sp³-hybridized carbons (Fsp3) is 0.417. The molecule has 2 N–H and O–H groups in total. The number of hydrogen-bond acceptors (Lipinski definition) is 4. The highest BCUT2D eigenvalue weighted by Crippen LogP contribution is 2.23. The molecule has 0 radical (unpaired) electrons. The van der Waals surface area contributed by atoms with Gasteiger partial charge in [0.2, 0.25) is 0 Å². The molecule has 0 saturated heterocycles. The van der Waals surface area contributed by atoms with E-state index in [1.807, 2.05) is 0 Å². The van der Waals surface area contributed by atoms with E-state index in [1.165, 1.54) is 7.11 Å². The van der Waals surface area contributed by atoms with Gasteiger partial charge in [-0.2, -0.15) is 0 Å². The fourth-order valence-corrected chi connectivity index (χ4v) is 1.25. The predicted molar refractivity (Wildman–Crippen MR) is 62.6 cm³/mol. The number of rotatable bonds is 5. The van der Waals surface area contributed by atoms with Gasteiger partial charge in [0.15, 0.2) is 0 Å². The molecule has 0 aromatic heterocycles. The number of hydrogen-bond donors (Lipinski definition) is 1. The molecule has 0 aliphatic rings. The standard InChI is InChI=1S/C12H17NO3/c1-3-4-7-16-11-6-5-9(8-10(11)13)12(14)15-2/h5-6,8H,3-4,7,13H2,1-2H3. The highest BCUT2D eigenvalue weighted by molar-refractivity contribution is 5.90. The second kappa shape index (κ2) is 6.00. The third kappa shape index (κ3) is 3.15. The minimum absolute atomic E-state index is 0.396. The zero-order valence-corrected chi connectivity index (χ0v) is 9.66. The Kier molecular flexibility index (Phi) is 4.64. The maximum Gasteiger partial charge on any atom is 0.337 e. The van der Waals surface area contributed by atoms with Crippen molar-refractivity contribution in [2.75, 3.05) is 19.5 Å². The monoisotopic (exact) mass is 223 g/mol. The van der Waals surface area contributed by atoms with Crippen LogP contribution in [0.4, 0.5) is 5.69 Å². The molecule has 4 heteroatoms. The highest BCUT2D eigenvalue weighted by Gasteiger charge is 2.08. The zero-order chi connectivity index (χ0) is 12.0. The number of nitrogen functional groups attached to an aromatic ring is 1. The molecule has 0 fully saturated rings. The van der Waals surface area contributed by atoms with Crippen LogP contribution in [0.25, 0.3) is 0 Å². The van der Waals surface area contributed by atoms with Gasteiger partial charge in [0.1, 0.15) is 5.75 Å². The molecular weight excluding hydrogens is 206 g/mol. The van der Waals surface area contributed by atoms with E-state index in [-0.39, 0.29) is 0 Å². The van der Waals surface area contributed by atoms with Gasteiger partial charge in [-0.05, 0) is 24.6 Å². The molecule has 0 aliphatic carbocycles. The maximum atomic E-state index is 11.2. The number of unbranched alkanes of at least 4 members (excludes halogenated alkanes) is 1. The molecule has 0 saturated carbocycles. The molecule has 1 aromatic rings. The summed E-state index contributed by atoms with van der Waals surface area (Å²) in [5.74, 6) is 0.216. The first-order valence-corrected chi connectivity index (χ1v) is 5.29. The highest BCUT2D eigenvalue weighted by atomic mass is 16.5. The molecule has 4 nitrogen and oxygen atoms in total. The number of methoxy groups -OCH3 is 1. The SMILES string of the molecule is CCCCOc1ccc(C(=O)OC)cc1N. The van der Waals surface area contributed by atoms with E-state index in [9.17, 15) is 4.79 Å². The van der Waals surface area contributed by atoms with E-state index < -0.39 is 5.97 Å². The lowest BCUT2D eigenvalue weighted by molar-refractivity contribution is 0.0601. The Labute approximate surface area is 95.3 Å². The Bertz CT molecular complexity index is 363. The molecule has 1 aromatic carbocycles. The van der Waals surface area contributed by atoms with Crippen LogP contribution in [0, 0.1) is 0 Å². The van der Waals surface area contributed by atoms with Gasteiger partial charge in [0.05, 0.1) is 25.0 Å². The summed E-state index contributed by atoms with van der Waals surface area (Å²) in [7, 11) is 1.34. The second-order valence-corrected chi connectivity index (χ2v) is 3.45. The number of carbonyl (C=O) groups excluding carboxylic acids is 1. The van der Waals surface area contributed by atoms with Gasteiger partial charge in [-0.25, -0.2) is 4.79 Å². The lowest BCUT2D eigenvalue weighted by Gasteiger charge is -2.09. The second-order valence-electron chi connectivity index (χ2n) is 3.45. The number of ether oxygens (including phenoxy) is 2. The topological polar surface area (TPSA) is 61.5 Å². The van der Waals surface area contributed by atoms with Crippen LogP contribution < -0.4 is 10.5 Å². The van der Waals surface area contributed by atoms with Gasteiger partial charge < -0.3 is 15.2 Å². The average molecular weight is 223 g/mol. The maximum absolute atomic E-state index is 11.2. The molecule has 88 valence electrons. The normalized spacial score (nSPS) is 9.88. The summed E-state index contributed by atoms with van der Waals surface area (Å²) in [6.45, 7) is 2.73. The van der Waals surface area contributed by atoms with Gasteiger partial charge in [-0.3, -0.25) is 0 Å². The molecule has 0 heterocycles. The predicted octanol–water partition coefficient (Wildman–Crippen LogP) is 2.23. The van der Waals surface area contributed by atoms with Crippen molar-refractivity contribution in [1.29, 1.82) is 0 Å². The van der Waals surface area contributed by atoms with Crippen LogP contribution in [0.2, 0.25) is 0 Å². The third-order valence-electron chi connectivity index (χ3n) is 2.19. The first-order chi connectivity index (χ1) is 7.69. The number of benzene rings is 1. The molecule has 0 amide bonds. The van der Waals surface area contributed by atoms with Crippen LogP contribution in [0.15, 0.2) is 18.2 Å². The smallest absolute Gasteiger partial charge is 0.337 e. The van der Waals surface area contributed by atoms with E-state index in [0.29, 0.717) is 23.6 Å². The summed E-state index contributed by atoms with van der Waals surface area (Å²) in [5, 5.41) is 0. The molecule has 0 bridgehead atoms.